The summed E-state index contributed by atoms with van der Waals surface area (Å²) in [5, 5.41) is 2.66. The Hall–Kier alpha value is -2.04. The standard InChI is InChI=1S/C13H16N2O3/c1-3-15-6-7-18-12-5-4-10(14-9(2)16)8-11(12)13(15)17/h4-5,8H,3,6-7H2,1-2H3,(H,14,16). The van der Waals surface area contributed by atoms with E-state index in [2.05, 4.69) is 5.32 Å². The van der Waals surface area contributed by atoms with Gasteiger partial charge >= 0.3 is 0 Å². The summed E-state index contributed by atoms with van der Waals surface area (Å²) >= 11 is 0. The Kier molecular flexibility index (Phi) is 3.50. The summed E-state index contributed by atoms with van der Waals surface area (Å²) < 4.78 is 5.54. The lowest BCUT2D eigenvalue weighted by atomic mass is 10.1. The van der Waals surface area contributed by atoms with Gasteiger partial charge in [0.05, 0.1) is 12.1 Å². The average Bonchev–Trinajstić information content (AvgIpc) is 2.48. The zero-order chi connectivity index (χ0) is 13.1. The number of carbonyl (C=O) groups excluding carboxylic acids is 2. The van der Waals surface area contributed by atoms with E-state index >= 15 is 0 Å². The number of ether oxygens (including phenoxy) is 1. The minimum atomic E-state index is -0.163. The minimum Gasteiger partial charge on any atom is -0.491 e. The maximum absolute atomic E-state index is 12.2. The molecule has 1 N–H and O–H groups in total. The van der Waals surface area contributed by atoms with E-state index in [1.54, 1.807) is 23.1 Å². The third-order valence-corrected chi connectivity index (χ3v) is 2.82. The topological polar surface area (TPSA) is 58.6 Å². The van der Waals surface area contributed by atoms with Crippen LogP contribution in [0.1, 0.15) is 24.2 Å². The molecule has 5 heteroatoms. The molecular weight excluding hydrogens is 232 g/mol. The lowest BCUT2D eigenvalue weighted by Crippen LogP contribution is -2.32. The third kappa shape index (κ3) is 2.45. The van der Waals surface area contributed by atoms with Gasteiger partial charge in [0.25, 0.3) is 5.91 Å². The smallest absolute Gasteiger partial charge is 0.257 e. The van der Waals surface area contributed by atoms with Crippen molar-refractivity contribution in [3.8, 4) is 5.75 Å². The molecule has 18 heavy (non-hydrogen) atoms. The fourth-order valence-electron chi connectivity index (χ4n) is 1.94. The van der Waals surface area contributed by atoms with Gasteiger partial charge in [0.1, 0.15) is 12.4 Å². The summed E-state index contributed by atoms with van der Waals surface area (Å²) in [6.45, 7) is 5.08. The Balaban J connectivity index is 2.36. The van der Waals surface area contributed by atoms with Crippen molar-refractivity contribution in [2.24, 2.45) is 0 Å². The molecule has 5 nitrogen and oxygen atoms in total. The molecule has 1 aliphatic heterocycles. The van der Waals surface area contributed by atoms with Crippen LogP contribution in [0.25, 0.3) is 0 Å². The molecule has 0 spiro atoms. The van der Waals surface area contributed by atoms with Crippen LogP contribution in [0.4, 0.5) is 5.69 Å². The van der Waals surface area contributed by atoms with E-state index < -0.39 is 0 Å². The first-order valence-corrected chi connectivity index (χ1v) is 5.95. The number of anilines is 1. The van der Waals surface area contributed by atoms with Crippen molar-refractivity contribution in [1.82, 2.24) is 4.90 Å². The zero-order valence-electron chi connectivity index (χ0n) is 10.5. The Morgan fingerprint density at radius 1 is 1.50 bits per heavy atom. The molecule has 0 unspecified atom stereocenters. The largest absolute Gasteiger partial charge is 0.491 e. The first-order chi connectivity index (χ1) is 8.61. The van der Waals surface area contributed by atoms with Crippen molar-refractivity contribution in [3.05, 3.63) is 23.8 Å². The van der Waals surface area contributed by atoms with Crippen LogP contribution in [0, 0.1) is 0 Å². The van der Waals surface area contributed by atoms with Crippen LogP contribution in [0.2, 0.25) is 0 Å². The molecule has 0 fully saturated rings. The molecule has 1 heterocycles. The second kappa shape index (κ2) is 5.08. The van der Waals surface area contributed by atoms with Crippen LogP contribution < -0.4 is 10.1 Å². The zero-order valence-corrected chi connectivity index (χ0v) is 10.5. The third-order valence-electron chi connectivity index (χ3n) is 2.82. The molecule has 1 aromatic rings. The summed E-state index contributed by atoms with van der Waals surface area (Å²) in [6, 6.07) is 5.11. The number of hydrogen-bond donors (Lipinski definition) is 1. The maximum atomic E-state index is 12.2. The monoisotopic (exact) mass is 248 g/mol. The molecular formula is C13H16N2O3. The summed E-state index contributed by atoms with van der Waals surface area (Å²) in [4.78, 5) is 25.0. The number of fused-ring (bicyclic) bond motifs is 1. The molecule has 96 valence electrons. The second-order valence-electron chi connectivity index (χ2n) is 4.13. The van der Waals surface area contributed by atoms with Gasteiger partial charge in [-0.3, -0.25) is 9.59 Å². The fraction of sp³-hybridized carbons (Fsp3) is 0.385. The molecule has 2 rings (SSSR count). The number of hydrogen-bond acceptors (Lipinski definition) is 3. The average molecular weight is 248 g/mol. The highest BCUT2D eigenvalue weighted by Crippen LogP contribution is 2.26. The van der Waals surface area contributed by atoms with Gasteiger partial charge in [-0.1, -0.05) is 0 Å². The molecule has 0 atom stereocenters. The summed E-state index contributed by atoms with van der Waals surface area (Å²) in [5.41, 5.74) is 1.11. The molecule has 0 bridgehead atoms. The van der Waals surface area contributed by atoms with Gasteiger partial charge in [0.2, 0.25) is 5.91 Å². The molecule has 1 aliphatic rings. The quantitative estimate of drug-likeness (QED) is 0.862. The number of nitrogens with one attached hydrogen (secondary N) is 1. The lowest BCUT2D eigenvalue weighted by molar-refractivity contribution is -0.114. The van der Waals surface area contributed by atoms with Crippen LogP contribution in [0.5, 0.6) is 5.75 Å². The number of rotatable bonds is 2. The van der Waals surface area contributed by atoms with E-state index in [0.29, 0.717) is 36.7 Å². The van der Waals surface area contributed by atoms with Gasteiger partial charge in [0.15, 0.2) is 0 Å². The van der Waals surface area contributed by atoms with Gasteiger partial charge in [-0.05, 0) is 25.1 Å². The minimum absolute atomic E-state index is 0.0581. The molecule has 0 radical (unpaired) electrons. The van der Waals surface area contributed by atoms with Gasteiger partial charge in [-0.15, -0.1) is 0 Å². The van der Waals surface area contributed by atoms with Crippen molar-refractivity contribution in [2.75, 3.05) is 25.0 Å². The highest BCUT2D eigenvalue weighted by Gasteiger charge is 2.22. The maximum Gasteiger partial charge on any atom is 0.257 e. The van der Waals surface area contributed by atoms with Crippen LogP contribution in [0.3, 0.4) is 0 Å². The van der Waals surface area contributed by atoms with Gasteiger partial charge < -0.3 is 15.0 Å². The molecule has 0 aromatic heterocycles. The Morgan fingerprint density at radius 3 is 2.94 bits per heavy atom. The first kappa shape index (κ1) is 12.4. The van der Waals surface area contributed by atoms with Crippen molar-refractivity contribution in [1.29, 1.82) is 0 Å². The highest BCUT2D eigenvalue weighted by atomic mass is 16.5. The van der Waals surface area contributed by atoms with Crippen LogP contribution >= 0.6 is 0 Å². The Labute approximate surface area is 106 Å². The Bertz CT molecular complexity index is 485. The van der Waals surface area contributed by atoms with Crippen LogP contribution in [-0.4, -0.2) is 36.4 Å². The van der Waals surface area contributed by atoms with E-state index in [1.165, 1.54) is 6.92 Å². The van der Waals surface area contributed by atoms with Crippen molar-refractivity contribution >= 4 is 17.5 Å². The summed E-state index contributed by atoms with van der Waals surface area (Å²) in [6.07, 6.45) is 0. The van der Waals surface area contributed by atoms with Gasteiger partial charge in [-0.25, -0.2) is 0 Å². The Morgan fingerprint density at radius 2 is 2.28 bits per heavy atom. The van der Waals surface area contributed by atoms with Crippen LogP contribution in [0.15, 0.2) is 18.2 Å². The normalized spacial score (nSPS) is 14.6. The van der Waals surface area contributed by atoms with Crippen molar-refractivity contribution in [2.45, 2.75) is 13.8 Å². The van der Waals surface area contributed by atoms with Crippen LogP contribution in [-0.2, 0) is 4.79 Å². The fourth-order valence-corrected chi connectivity index (χ4v) is 1.94. The number of likely N-dealkylation sites (N-methyl/N-ethyl adjacent to an activating group) is 1. The number of carbonyl (C=O) groups is 2. The number of benzene rings is 1. The number of nitrogens with zero attached hydrogens (tertiary/aromatic N) is 1. The number of amides is 2. The van der Waals surface area contributed by atoms with E-state index in [0.717, 1.165) is 0 Å². The molecule has 2 amide bonds. The SMILES string of the molecule is CCN1CCOc2ccc(NC(C)=O)cc2C1=O. The predicted molar refractivity (Wildman–Crippen MR) is 67.8 cm³/mol. The lowest BCUT2D eigenvalue weighted by Gasteiger charge is -2.17. The van der Waals surface area contributed by atoms with Crippen molar-refractivity contribution < 1.29 is 14.3 Å². The van der Waals surface area contributed by atoms with E-state index in [4.69, 9.17) is 4.74 Å². The molecule has 0 aliphatic carbocycles. The first-order valence-electron chi connectivity index (χ1n) is 5.95. The molecule has 1 aromatic carbocycles. The second-order valence-corrected chi connectivity index (χ2v) is 4.13. The van der Waals surface area contributed by atoms with E-state index in [-0.39, 0.29) is 11.8 Å². The van der Waals surface area contributed by atoms with E-state index in [1.807, 2.05) is 6.92 Å². The summed E-state index contributed by atoms with van der Waals surface area (Å²) in [7, 11) is 0. The molecule has 0 saturated carbocycles. The van der Waals surface area contributed by atoms with Crippen molar-refractivity contribution in [3.63, 3.8) is 0 Å². The molecule has 0 saturated heterocycles. The highest BCUT2D eigenvalue weighted by molar-refractivity contribution is 5.99. The van der Waals surface area contributed by atoms with E-state index in [9.17, 15) is 9.59 Å². The van der Waals surface area contributed by atoms with Gasteiger partial charge in [0, 0.05) is 19.2 Å². The summed E-state index contributed by atoms with van der Waals surface area (Å²) in [5.74, 6) is 0.353. The predicted octanol–water partition coefficient (Wildman–Crippen LogP) is 1.50. The van der Waals surface area contributed by atoms with Gasteiger partial charge in [-0.2, -0.15) is 0 Å².